The van der Waals surface area contributed by atoms with Crippen LogP contribution < -0.4 is 0 Å². The van der Waals surface area contributed by atoms with Crippen LogP contribution in [0.5, 0.6) is 0 Å². The predicted molar refractivity (Wildman–Crippen MR) is 35.0 cm³/mol. The molecule has 1 aliphatic heterocycles. The Labute approximate surface area is 68.3 Å². The first-order valence-electron chi connectivity index (χ1n) is 3.34. The largest absolute Gasteiger partial charge is 0.391 e. The van der Waals surface area contributed by atoms with E-state index in [2.05, 4.69) is 4.74 Å². The summed E-state index contributed by atoms with van der Waals surface area (Å²) in [4.78, 5) is 10.2. The molecule has 1 saturated heterocycles. The molecule has 1 fully saturated rings. The van der Waals surface area contributed by atoms with Crippen LogP contribution in [0.15, 0.2) is 0 Å². The molecule has 0 aliphatic carbocycles. The average molecular weight is 178 g/mol. The summed E-state index contributed by atoms with van der Waals surface area (Å²) in [5.41, 5.74) is 0. The molecule has 6 nitrogen and oxygen atoms in total. The van der Waals surface area contributed by atoms with Crippen molar-refractivity contribution in [1.82, 2.24) is 0 Å². The topological polar surface area (TPSA) is 96.2 Å². The van der Waals surface area contributed by atoms with Crippen molar-refractivity contribution in [2.24, 2.45) is 0 Å². The zero-order chi connectivity index (χ0) is 9.24. The van der Waals surface area contributed by atoms with Gasteiger partial charge in [-0.05, 0) is 0 Å². The highest BCUT2D eigenvalue weighted by atomic mass is 16.8. The maximum absolute atomic E-state index is 10.2. The van der Waals surface area contributed by atoms with Crippen LogP contribution in [0.1, 0.15) is 0 Å². The highest BCUT2D eigenvalue weighted by molar-refractivity contribution is 5.60. The second-order valence-corrected chi connectivity index (χ2v) is 2.58. The average Bonchev–Trinajstić information content (AvgIpc) is 2.46. The van der Waals surface area contributed by atoms with Crippen molar-refractivity contribution >= 4 is 6.29 Å². The van der Waals surface area contributed by atoms with Crippen LogP contribution in [-0.4, -0.2) is 53.0 Å². The molecule has 0 aromatic rings. The Morgan fingerprint density at radius 1 is 1.42 bits per heavy atom. The van der Waals surface area contributed by atoms with Gasteiger partial charge in [0.05, 0.1) is 13.2 Å². The number of rotatable bonds is 3. The summed E-state index contributed by atoms with van der Waals surface area (Å²) >= 11 is 0. The number of aliphatic hydroxyl groups excluding tert-OH is 2. The van der Waals surface area contributed by atoms with Crippen LogP contribution in [0.3, 0.4) is 0 Å². The molecule has 1 aliphatic rings. The van der Waals surface area contributed by atoms with Gasteiger partial charge in [0.2, 0.25) is 11.6 Å². The van der Waals surface area contributed by atoms with Crippen molar-refractivity contribution in [3.05, 3.63) is 0 Å². The quantitative estimate of drug-likeness (QED) is 0.417. The summed E-state index contributed by atoms with van der Waals surface area (Å²) < 4.78 is 9.39. The number of hydrogen-bond acceptors (Lipinski definition) is 6. The van der Waals surface area contributed by atoms with E-state index in [1.807, 2.05) is 0 Å². The van der Waals surface area contributed by atoms with Gasteiger partial charge in [0.1, 0.15) is 6.61 Å². The van der Waals surface area contributed by atoms with Gasteiger partial charge in [-0.1, -0.05) is 0 Å². The molecule has 0 bridgehead atoms. The molecule has 1 heterocycles. The standard InChI is InChI=1S/C6H10O6/c7-1-5(10)4-11-6(2-8,3-9)12-5/h1,8-10H,2-4H2. The first kappa shape index (κ1) is 9.56. The van der Waals surface area contributed by atoms with Crippen molar-refractivity contribution < 1.29 is 29.6 Å². The third kappa shape index (κ3) is 1.47. The molecule has 12 heavy (non-hydrogen) atoms. The van der Waals surface area contributed by atoms with Crippen molar-refractivity contribution in [2.75, 3.05) is 19.8 Å². The second-order valence-electron chi connectivity index (χ2n) is 2.58. The van der Waals surface area contributed by atoms with Crippen LogP contribution in [0.2, 0.25) is 0 Å². The monoisotopic (exact) mass is 178 g/mol. The number of ether oxygens (including phenoxy) is 2. The lowest BCUT2D eigenvalue weighted by molar-refractivity contribution is -0.258. The van der Waals surface area contributed by atoms with Gasteiger partial charge < -0.3 is 24.8 Å². The minimum Gasteiger partial charge on any atom is -0.391 e. The van der Waals surface area contributed by atoms with E-state index in [1.165, 1.54) is 0 Å². The van der Waals surface area contributed by atoms with Gasteiger partial charge >= 0.3 is 0 Å². The molecule has 0 radical (unpaired) electrons. The van der Waals surface area contributed by atoms with Crippen LogP contribution in [-0.2, 0) is 14.3 Å². The Morgan fingerprint density at radius 3 is 2.25 bits per heavy atom. The van der Waals surface area contributed by atoms with E-state index in [0.717, 1.165) is 0 Å². The molecule has 0 spiro atoms. The van der Waals surface area contributed by atoms with Crippen LogP contribution in [0.4, 0.5) is 0 Å². The fourth-order valence-electron chi connectivity index (χ4n) is 0.880. The number of aldehydes is 1. The summed E-state index contributed by atoms with van der Waals surface area (Å²) in [5.74, 6) is -3.71. The summed E-state index contributed by atoms with van der Waals surface area (Å²) in [6, 6.07) is 0. The van der Waals surface area contributed by atoms with E-state index in [9.17, 15) is 4.79 Å². The smallest absolute Gasteiger partial charge is 0.250 e. The van der Waals surface area contributed by atoms with Gasteiger partial charge in [0, 0.05) is 0 Å². The lowest BCUT2D eigenvalue weighted by Gasteiger charge is -2.23. The summed E-state index contributed by atoms with van der Waals surface area (Å²) in [7, 11) is 0. The first-order chi connectivity index (χ1) is 5.60. The van der Waals surface area contributed by atoms with E-state index in [4.69, 9.17) is 20.1 Å². The second kappa shape index (κ2) is 3.08. The van der Waals surface area contributed by atoms with Crippen molar-refractivity contribution in [3.63, 3.8) is 0 Å². The zero-order valence-electron chi connectivity index (χ0n) is 6.27. The van der Waals surface area contributed by atoms with Crippen LogP contribution >= 0.6 is 0 Å². The van der Waals surface area contributed by atoms with Gasteiger partial charge in [-0.3, -0.25) is 4.79 Å². The summed E-state index contributed by atoms with van der Waals surface area (Å²) in [6.07, 6.45) is 0.153. The molecule has 1 rings (SSSR count). The first-order valence-corrected chi connectivity index (χ1v) is 3.34. The molecule has 70 valence electrons. The zero-order valence-corrected chi connectivity index (χ0v) is 6.27. The van der Waals surface area contributed by atoms with E-state index in [-0.39, 0.29) is 6.29 Å². The van der Waals surface area contributed by atoms with Gasteiger partial charge in [0.25, 0.3) is 0 Å². The lowest BCUT2D eigenvalue weighted by Crippen LogP contribution is -2.43. The number of aliphatic hydroxyl groups is 3. The Kier molecular flexibility index (Phi) is 2.45. The Hall–Kier alpha value is -0.530. The molecule has 0 saturated carbocycles. The molecule has 0 amide bonds. The SMILES string of the molecule is O=CC1(O)COC(CO)(CO)O1. The molecule has 1 unspecified atom stereocenters. The van der Waals surface area contributed by atoms with Crippen LogP contribution in [0, 0.1) is 0 Å². The maximum atomic E-state index is 10.2. The fraction of sp³-hybridized carbons (Fsp3) is 0.833. The van der Waals surface area contributed by atoms with E-state index >= 15 is 0 Å². The molecule has 0 aromatic carbocycles. The summed E-state index contributed by atoms with van der Waals surface area (Å²) in [5, 5.41) is 26.6. The minimum absolute atomic E-state index is 0.153. The van der Waals surface area contributed by atoms with Gasteiger partial charge in [0.15, 0.2) is 6.29 Å². The summed E-state index contributed by atoms with van der Waals surface area (Å²) in [6.45, 7) is -1.64. The van der Waals surface area contributed by atoms with E-state index in [0.29, 0.717) is 0 Å². The molecule has 6 heteroatoms. The third-order valence-electron chi connectivity index (χ3n) is 1.57. The molecule has 3 N–H and O–H groups in total. The normalized spacial score (nSPS) is 33.6. The van der Waals surface area contributed by atoms with E-state index < -0.39 is 31.4 Å². The lowest BCUT2D eigenvalue weighted by atomic mass is 10.3. The Balaban J connectivity index is 2.70. The van der Waals surface area contributed by atoms with Gasteiger partial charge in [-0.25, -0.2) is 0 Å². The molecular formula is C6H10O6. The van der Waals surface area contributed by atoms with Gasteiger partial charge in [-0.2, -0.15) is 0 Å². The minimum atomic E-state index is -2.05. The Morgan fingerprint density at radius 2 is 2.00 bits per heavy atom. The molecular weight excluding hydrogens is 168 g/mol. The maximum Gasteiger partial charge on any atom is 0.250 e. The van der Waals surface area contributed by atoms with Crippen molar-refractivity contribution in [3.8, 4) is 0 Å². The van der Waals surface area contributed by atoms with Crippen LogP contribution in [0.25, 0.3) is 0 Å². The third-order valence-corrected chi connectivity index (χ3v) is 1.57. The van der Waals surface area contributed by atoms with Crippen molar-refractivity contribution in [1.29, 1.82) is 0 Å². The van der Waals surface area contributed by atoms with Crippen molar-refractivity contribution in [2.45, 2.75) is 11.6 Å². The number of carbonyl (C=O) groups excluding carboxylic acids is 1. The number of hydrogen-bond donors (Lipinski definition) is 3. The molecule has 0 aromatic heterocycles. The van der Waals surface area contributed by atoms with Gasteiger partial charge in [-0.15, -0.1) is 0 Å². The number of carbonyl (C=O) groups is 1. The molecule has 1 atom stereocenters. The highest BCUT2D eigenvalue weighted by Gasteiger charge is 2.49. The van der Waals surface area contributed by atoms with E-state index in [1.54, 1.807) is 0 Å². The fourth-order valence-corrected chi connectivity index (χ4v) is 0.880. The predicted octanol–water partition coefficient (Wildman–Crippen LogP) is -2.40. The Bertz CT molecular complexity index is 177. The highest BCUT2D eigenvalue weighted by Crippen LogP contribution is 2.27.